The van der Waals surface area contributed by atoms with E-state index in [0.29, 0.717) is 34.4 Å². The first-order valence-electron chi connectivity index (χ1n) is 11.5. The Bertz CT molecular complexity index is 1230. The van der Waals surface area contributed by atoms with Gasteiger partial charge in [0.05, 0.1) is 40.9 Å². The van der Waals surface area contributed by atoms with Gasteiger partial charge in [-0.25, -0.2) is 13.9 Å². The van der Waals surface area contributed by atoms with Crippen molar-refractivity contribution in [2.24, 2.45) is 0 Å². The fourth-order valence-corrected chi connectivity index (χ4v) is 5.02. The Morgan fingerprint density at radius 1 is 1.25 bits per heavy atom. The van der Waals surface area contributed by atoms with Crippen LogP contribution >= 0.6 is 15.9 Å². The molecule has 0 spiro atoms. The van der Waals surface area contributed by atoms with E-state index in [4.69, 9.17) is 4.74 Å². The van der Waals surface area contributed by atoms with Gasteiger partial charge in [-0.05, 0) is 77.2 Å². The SMILES string of the molecule is CCCC(NC(=O)N1c2cnn(-c3ccc(F)cc3)c2CCC1C(F)(F)F)c1ccc(OC)c(Br)c1. The van der Waals surface area contributed by atoms with Gasteiger partial charge in [0.15, 0.2) is 0 Å². The third kappa shape index (κ3) is 5.21. The minimum absolute atomic E-state index is 0.0600. The fourth-order valence-electron chi connectivity index (χ4n) is 4.47. The standard InChI is InChI=1S/C25H25BrF4N4O2/c1-3-4-19(15-5-11-22(36-2)18(26)13-15)32-24(35)33-21-14-31-34(17-8-6-16(27)7-9-17)20(21)10-12-23(33)25(28,29)30/h5-9,11,13-14,19,23H,3-4,10,12H2,1-2H3,(H,32,35). The molecule has 3 aromatic rings. The molecular formula is C25H25BrF4N4O2. The van der Waals surface area contributed by atoms with Crippen molar-refractivity contribution in [2.75, 3.05) is 12.0 Å². The summed E-state index contributed by atoms with van der Waals surface area (Å²) in [4.78, 5) is 14.2. The van der Waals surface area contributed by atoms with E-state index < -0.39 is 30.1 Å². The van der Waals surface area contributed by atoms with E-state index in [9.17, 15) is 22.4 Å². The van der Waals surface area contributed by atoms with Crippen molar-refractivity contribution in [1.29, 1.82) is 0 Å². The molecule has 1 N–H and O–H groups in total. The van der Waals surface area contributed by atoms with Crippen LogP contribution < -0.4 is 15.0 Å². The molecule has 0 aliphatic carbocycles. The van der Waals surface area contributed by atoms with E-state index >= 15 is 0 Å². The Morgan fingerprint density at radius 3 is 2.58 bits per heavy atom. The van der Waals surface area contributed by atoms with Gasteiger partial charge in [0.25, 0.3) is 0 Å². The maximum Gasteiger partial charge on any atom is 0.409 e. The van der Waals surface area contributed by atoms with E-state index in [1.807, 2.05) is 6.92 Å². The summed E-state index contributed by atoms with van der Waals surface area (Å²) >= 11 is 3.42. The number of carbonyl (C=O) groups is 1. The minimum atomic E-state index is -4.63. The van der Waals surface area contributed by atoms with Crippen LogP contribution in [-0.4, -0.2) is 35.1 Å². The number of nitrogens with zero attached hydrogens (tertiary/aromatic N) is 3. The number of hydrogen-bond donors (Lipinski definition) is 1. The maximum absolute atomic E-state index is 14.1. The van der Waals surface area contributed by atoms with Crippen molar-refractivity contribution in [2.45, 2.75) is 50.9 Å². The summed E-state index contributed by atoms with van der Waals surface area (Å²) in [5.74, 6) is 0.163. The number of alkyl halides is 3. The Labute approximate surface area is 214 Å². The first-order valence-corrected chi connectivity index (χ1v) is 12.3. The zero-order valence-electron chi connectivity index (χ0n) is 19.6. The lowest BCUT2D eigenvalue weighted by molar-refractivity contribution is -0.149. The number of rotatable bonds is 6. The van der Waals surface area contributed by atoms with Crippen LogP contribution in [0.3, 0.4) is 0 Å². The zero-order chi connectivity index (χ0) is 26.0. The normalized spacial score (nSPS) is 16.4. The van der Waals surface area contributed by atoms with E-state index in [2.05, 4.69) is 26.3 Å². The lowest BCUT2D eigenvalue weighted by Gasteiger charge is -2.37. The molecule has 4 rings (SSSR count). The minimum Gasteiger partial charge on any atom is -0.496 e. The number of carbonyl (C=O) groups excluding carboxylic acids is 1. The van der Waals surface area contributed by atoms with Crippen LogP contribution in [-0.2, 0) is 6.42 Å². The van der Waals surface area contributed by atoms with Gasteiger partial charge in [0, 0.05) is 0 Å². The molecule has 2 atom stereocenters. The van der Waals surface area contributed by atoms with Crippen molar-refractivity contribution >= 4 is 27.6 Å². The summed E-state index contributed by atoms with van der Waals surface area (Å²) in [5.41, 5.74) is 1.77. The van der Waals surface area contributed by atoms with Crippen LogP contribution in [0.1, 0.15) is 43.5 Å². The molecule has 2 aromatic carbocycles. The summed E-state index contributed by atoms with van der Waals surface area (Å²) in [6, 6.07) is 7.39. The van der Waals surface area contributed by atoms with Crippen LogP contribution in [0.5, 0.6) is 5.75 Å². The molecular weight excluding hydrogens is 544 g/mol. The fraction of sp³-hybridized carbons (Fsp3) is 0.360. The predicted octanol–water partition coefficient (Wildman–Crippen LogP) is 6.72. The summed E-state index contributed by atoms with van der Waals surface area (Å²) in [6.45, 7) is 1.93. The summed E-state index contributed by atoms with van der Waals surface area (Å²) in [6.07, 6.45) is -2.40. The highest BCUT2D eigenvalue weighted by Crippen LogP contribution is 2.39. The highest BCUT2D eigenvalue weighted by Gasteiger charge is 2.49. The molecule has 0 bridgehead atoms. The molecule has 6 nitrogen and oxygen atoms in total. The van der Waals surface area contributed by atoms with Crippen molar-refractivity contribution in [3.63, 3.8) is 0 Å². The van der Waals surface area contributed by atoms with Crippen LogP contribution in [0.4, 0.5) is 28.0 Å². The average molecular weight is 569 g/mol. The molecule has 192 valence electrons. The molecule has 1 aliphatic rings. The number of methoxy groups -OCH3 is 1. The van der Waals surface area contributed by atoms with E-state index in [-0.39, 0.29) is 18.5 Å². The third-order valence-corrected chi connectivity index (χ3v) is 6.81. The number of benzene rings is 2. The molecule has 0 saturated heterocycles. The summed E-state index contributed by atoms with van der Waals surface area (Å²) < 4.78 is 62.9. The highest BCUT2D eigenvalue weighted by molar-refractivity contribution is 9.10. The van der Waals surface area contributed by atoms with Gasteiger partial charge in [0.1, 0.15) is 17.6 Å². The van der Waals surface area contributed by atoms with Gasteiger partial charge < -0.3 is 10.1 Å². The third-order valence-electron chi connectivity index (χ3n) is 6.19. The second-order valence-electron chi connectivity index (χ2n) is 8.52. The number of nitrogens with one attached hydrogen (secondary N) is 1. The van der Waals surface area contributed by atoms with Crippen LogP contribution in [0, 0.1) is 5.82 Å². The molecule has 0 radical (unpaired) electrons. The molecule has 2 amide bonds. The zero-order valence-corrected chi connectivity index (χ0v) is 21.2. The molecule has 36 heavy (non-hydrogen) atoms. The first-order chi connectivity index (χ1) is 17.1. The number of amides is 2. The monoisotopic (exact) mass is 568 g/mol. The lowest BCUT2D eigenvalue weighted by Crippen LogP contribution is -2.55. The van der Waals surface area contributed by atoms with Crippen LogP contribution in [0.15, 0.2) is 53.1 Å². The Kier molecular flexibility index (Phi) is 7.58. The van der Waals surface area contributed by atoms with Gasteiger partial charge in [0.2, 0.25) is 0 Å². The number of anilines is 1. The number of fused-ring (bicyclic) bond motifs is 1. The number of ether oxygens (including phenoxy) is 1. The van der Waals surface area contributed by atoms with Crippen molar-refractivity contribution < 1.29 is 27.1 Å². The van der Waals surface area contributed by atoms with Crippen molar-refractivity contribution in [1.82, 2.24) is 15.1 Å². The first kappa shape index (κ1) is 26.0. The lowest BCUT2D eigenvalue weighted by atomic mass is 9.99. The summed E-state index contributed by atoms with van der Waals surface area (Å²) in [7, 11) is 1.53. The molecule has 1 aliphatic heterocycles. The van der Waals surface area contributed by atoms with Crippen molar-refractivity contribution in [3.05, 3.63) is 70.2 Å². The predicted molar refractivity (Wildman–Crippen MR) is 131 cm³/mol. The van der Waals surface area contributed by atoms with Gasteiger partial charge in [-0.15, -0.1) is 0 Å². The van der Waals surface area contributed by atoms with Gasteiger partial charge >= 0.3 is 12.2 Å². The van der Waals surface area contributed by atoms with Crippen molar-refractivity contribution in [3.8, 4) is 11.4 Å². The molecule has 1 aromatic heterocycles. The van der Waals surface area contributed by atoms with Crippen LogP contribution in [0.2, 0.25) is 0 Å². The average Bonchev–Trinajstić information content (AvgIpc) is 3.27. The number of halogens is 5. The summed E-state index contributed by atoms with van der Waals surface area (Å²) in [5, 5.41) is 7.04. The van der Waals surface area contributed by atoms with E-state index in [1.165, 1.54) is 42.3 Å². The van der Waals surface area contributed by atoms with E-state index in [1.54, 1.807) is 18.2 Å². The Morgan fingerprint density at radius 2 is 1.97 bits per heavy atom. The number of urea groups is 1. The highest BCUT2D eigenvalue weighted by atomic mass is 79.9. The largest absolute Gasteiger partial charge is 0.496 e. The smallest absolute Gasteiger partial charge is 0.409 e. The Hall–Kier alpha value is -3.08. The van der Waals surface area contributed by atoms with Crippen LogP contribution in [0.25, 0.3) is 5.69 Å². The molecule has 0 fully saturated rings. The van der Waals surface area contributed by atoms with Gasteiger partial charge in [-0.2, -0.15) is 18.3 Å². The quantitative estimate of drug-likeness (QED) is 0.336. The number of hydrogen-bond acceptors (Lipinski definition) is 3. The van der Waals surface area contributed by atoms with Gasteiger partial charge in [-0.3, -0.25) is 4.90 Å². The molecule has 11 heteroatoms. The molecule has 2 unspecified atom stereocenters. The molecule has 2 heterocycles. The molecule has 0 saturated carbocycles. The maximum atomic E-state index is 14.1. The number of aromatic nitrogens is 2. The van der Waals surface area contributed by atoms with Gasteiger partial charge in [-0.1, -0.05) is 19.4 Å². The topological polar surface area (TPSA) is 59.4 Å². The van der Waals surface area contributed by atoms with E-state index in [0.717, 1.165) is 10.5 Å². The Balaban J connectivity index is 1.69. The second-order valence-corrected chi connectivity index (χ2v) is 9.37. The second kappa shape index (κ2) is 10.5.